The molecule has 0 spiro atoms. The lowest BCUT2D eigenvalue weighted by Gasteiger charge is -2.45. The van der Waals surface area contributed by atoms with Crippen molar-refractivity contribution < 1.29 is 19.1 Å². The van der Waals surface area contributed by atoms with Crippen LogP contribution < -0.4 is 15.4 Å². The fourth-order valence-electron chi connectivity index (χ4n) is 3.02. The van der Waals surface area contributed by atoms with Gasteiger partial charge in [0.25, 0.3) is 0 Å². The van der Waals surface area contributed by atoms with E-state index < -0.39 is 17.5 Å². The highest BCUT2D eigenvalue weighted by atomic mass is 32.1. The summed E-state index contributed by atoms with van der Waals surface area (Å²) in [6.07, 6.45) is -0.0699. The Morgan fingerprint density at radius 1 is 1.36 bits per heavy atom. The van der Waals surface area contributed by atoms with Crippen LogP contribution >= 0.6 is 12.2 Å². The summed E-state index contributed by atoms with van der Waals surface area (Å²) in [5.74, 6) is -0.606. The summed E-state index contributed by atoms with van der Waals surface area (Å²) in [4.78, 5) is 37.4. The van der Waals surface area contributed by atoms with E-state index in [0.29, 0.717) is 11.4 Å². The number of nitrogens with zero attached hydrogens (tertiary/aromatic N) is 2. The van der Waals surface area contributed by atoms with Crippen molar-refractivity contribution >= 4 is 40.7 Å². The molecule has 2 fully saturated rings. The summed E-state index contributed by atoms with van der Waals surface area (Å²) in [6, 6.07) is 6.11. The zero-order valence-electron chi connectivity index (χ0n) is 14.0. The summed E-state index contributed by atoms with van der Waals surface area (Å²) in [6.45, 7) is 3.28. The number of carbonyl (C=O) groups excluding carboxylic acids is 3. The van der Waals surface area contributed by atoms with Gasteiger partial charge in [-0.2, -0.15) is 5.01 Å². The molecule has 8 nitrogen and oxygen atoms in total. The van der Waals surface area contributed by atoms with Gasteiger partial charge < -0.3 is 10.1 Å². The second kappa shape index (κ2) is 6.08. The van der Waals surface area contributed by atoms with E-state index in [9.17, 15) is 14.4 Å². The monoisotopic (exact) mass is 362 g/mol. The molecule has 0 radical (unpaired) electrons. The van der Waals surface area contributed by atoms with E-state index >= 15 is 0 Å². The molecule has 2 N–H and O–H groups in total. The minimum Gasteiger partial charge on any atom is -0.495 e. The first-order valence-electron chi connectivity index (χ1n) is 7.69. The number of hydrogen-bond donors (Lipinski definition) is 2. The summed E-state index contributed by atoms with van der Waals surface area (Å²) in [7, 11) is 1.50. The largest absolute Gasteiger partial charge is 0.495 e. The van der Waals surface area contributed by atoms with Crippen LogP contribution in [0.5, 0.6) is 5.75 Å². The van der Waals surface area contributed by atoms with Crippen molar-refractivity contribution in [3.8, 4) is 5.75 Å². The third kappa shape index (κ3) is 2.75. The third-order valence-electron chi connectivity index (χ3n) is 4.32. The number of anilines is 1. The van der Waals surface area contributed by atoms with E-state index in [1.807, 2.05) is 0 Å². The van der Waals surface area contributed by atoms with Gasteiger partial charge in [-0.3, -0.25) is 19.7 Å². The number of methoxy groups -OCH3 is 1. The van der Waals surface area contributed by atoms with Crippen LogP contribution in [-0.2, 0) is 14.4 Å². The first kappa shape index (κ1) is 17.3. The van der Waals surface area contributed by atoms with Crippen LogP contribution in [0.4, 0.5) is 5.69 Å². The Kier molecular flexibility index (Phi) is 4.21. The molecule has 1 atom stereocenters. The van der Waals surface area contributed by atoms with Crippen molar-refractivity contribution in [3.05, 3.63) is 24.3 Å². The second-order valence-electron chi connectivity index (χ2n) is 6.28. The lowest BCUT2D eigenvalue weighted by molar-refractivity contribution is -0.154. The van der Waals surface area contributed by atoms with Crippen molar-refractivity contribution in [1.82, 2.24) is 15.3 Å². The summed E-state index contributed by atoms with van der Waals surface area (Å²) >= 11 is 5.09. The maximum atomic E-state index is 12.8. The number of nitrogens with one attached hydrogen (secondary N) is 2. The summed E-state index contributed by atoms with van der Waals surface area (Å²) < 4.78 is 5.22. The molecule has 2 saturated heterocycles. The minimum atomic E-state index is -1.10. The molecule has 0 unspecified atom stereocenters. The Balaban J connectivity index is 1.91. The van der Waals surface area contributed by atoms with Gasteiger partial charge in [0.05, 0.1) is 19.2 Å². The van der Waals surface area contributed by atoms with E-state index in [0.717, 1.165) is 0 Å². The molecule has 3 amide bonds. The summed E-state index contributed by atoms with van der Waals surface area (Å²) in [5.41, 5.74) is -0.611. The zero-order chi connectivity index (χ0) is 18.4. The molecular formula is C16H18N4O4S. The first-order chi connectivity index (χ1) is 11.8. The number of hydrazine groups is 1. The van der Waals surface area contributed by atoms with E-state index in [-0.39, 0.29) is 23.3 Å². The number of fused-ring (bicyclic) bond motifs is 1. The molecule has 0 saturated carbocycles. The van der Waals surface area contributed by atoms with Crippen LogP contribution in [0.25, 0.3) is 0 Å². The van der Waals surface area contributed by atoms with Crippen LogP contribution in [0.15, 0.2) is 24.3 Å². The molecule has 2 heterocycles. The highest BCUT2D eigenvalue weighted by Crippen LogP contribution is 2.33. The molecule has 2 aliphatic heterocycles. The molecule has 2 aliphatic rings. The Hall–Kier alpha value is -2.52. The number of amides is 3. The highest BCUT2D eigenvalue weighted by Gasteiger charge is 2.56. The zero-order valence-corrected chi connectivity index (χ0v) is 14.8. The van der Waals surface area contributed by atoms with Gasteiger partial charge in [-0.25, -0.2) is 5.01 Å². The van der Waals surface area contributed by atoms with Gasteiger partial charge in [-0.15, -0.1) is 0 Å². The fraction of sp³-hybridized carbons (Fsp3) is 0.375. The van der Waals surface area contributed by atoms with E-state index in [4.69, 9.17) is 17.0 Å². The fourth-order valence-corrected chi connectivity index (χ4v) is 3.31. The number of para-hydroxylation sites is 2. The Morgan fingerprint density at radius 2 is 2.04 bits per heavy atom. The van der Waals surface area contributed by atoms with Crippen LogP contribution in [0, 0.1) is 0 Å². The molecule has 9 heteroatoms. The van der Waals surface area contributed by atoms with E-state index in [2.05, 4.69) is 10.6 Å². The molecule has 0 aromatic heterocycles. The predicted molar refractivity (Wildman–Crippen MR) is 93.5 cm³/mol. The van der Waals surface area contributed by atoms with Gasteiger partial charge in [-0.1, -0.05) is 12.1 Å². The van der Waals surface area contributed by atoms with E-state index in [1.54, 1.807) is 38.1 Å². The Bertz CT molecular complexity index is 779. The molecular weight excluding hydrogens is 344 g/mol. The van der Waals surface area contributed by atoms with Gasteiger partial charge in [-0.05, 0) is 38.2 Å². The van der Waals surface area contributed by atoms with Gasteiger partial charge in [0.2, 0.25) is 17.7 Å². The second-order valence-corrected chi connectivity index (χ2v) is 6.66. The van der Waals surface area contributed by atoms with Crippen LogP contribution in [0.1, 0.15) is 20.3 Å². The highest BCUT2D eigenvalue weighted by molar-refractivity contribution is 7.80. The molecule has 132 valence electrons. The van der Waals surface area contributed by atoms with Crippen molar-refractivity contribution in [2.75, 3.05) is 12.4 Å². The average Bonchev–Trinajstić information content (AvgIpc) is 2.92. The van der Waals surface area contributed by atoms with E-state index in [1.165, 1.54) is 17.1 Å². The van der Waals surface area contributed by atoms with Crippen LogP contribution in [0.2, 0.25) is 0 Å². The first-order valence-corrected chi connectivity index (χ1v) is 8.09. The Morgan fingerprint density at radius 3 is 2.72 bits per heavy atom. The number of thiocarbonyl (C=S) groups is 1. The molecule has 1 aromatic rings. The van der Waals surface area contributed by atoms with Crippen LogP contribution in [0.3, 0.4) is 0 Å². The van der Waals surface area contributed by atoms with Crippen LogP contribution in [-0.4, -0.2) is 51.5 Å². The number of ether oxygens (including phenoxy) is 1. The van der Waals surface area contributed by atoms with Crippen molar-refractivity contribution in [2.45, 2.75) is 31.8 Å². The standard InChI is InChI=1S/C16H18N4O4S/c1-16(2)14(23)18-15(25)19-12(21)8-10(20(16)19)13(22)17-9-6-4-5-7-11(9)24-3/h4-7,10H,8H2,1-3H3,(H,17,22)(H,18,23,25)/t10-/m0/s1. The van der Waals surface area contributed by atoms with Crippen molar-refractivity contribution in [1.29, 1.82) is 0 Å². The maximum Gasteiger partial charge on any atom is 0.248 e. The lowest BCUT2D eigenvalue weighted by Crippen LogP contribution is -2.71. The van der Waals surface area contributed by atoms with Gasteiger partial charge >= 0.3 is 0 Å². The van der Waals surface area contributed by atoms with Gasteiger partial charge in [0.1, 0.15) is 17.3 Å². The Labute approximate surface area is 150 Å². The maximum absolute atomic E-state index is 12.8. The molecule has 0 aliphatic carbocycles. The number of benzene rings is 1. The quantitative estimate of drug-likeness (QED) is 0.767. The molecule has 1 aromatic carbocycles. The SMILES string of the molecule is COc1ccccc1NC(=O)[C@@H]1CC(=O)N2C(=S)NC(=O)C(C)(C)N12. The van der Waals surface area contributed by atoms with Gasteiger partial charge in [0.15, 0.2) is 5.11 Å². The molecule has 0 bridgehead atoms. The van der Waals surface area contributed by atoms with Crippen molar-refractivity contribution in [3.63, 3.8) is 0 Å². The average molecular weight is 362 g/mol. The topological polar surface area (TPSA) is 91.0 Å². The summed E-state index contributed by atoms with van der Waals surface area (Å²) in [5, 5.41) is 7.90. The number of carbonyl (C=O) groups is 3. The molecule has 25 heavy (non-hydrogen) atoms. The number of rotatable bonds is 3. The predicted octanol–water partition coefficient (Wildman–Crippen LogP) is 0.645. The van der Waals surface area contributed by atoms with Gasteiger partial charge in [0, 0.05) is 0 Å². The minimum absolute atomic E-state index is 0.0121. The smallest absolute Gasteiger partial charge is 0.248 e. The van der Waals surface area contributed by atoms with Crippen molar-refractivity contribution in [2.24, 2.45) is 0 Å². The third-order valence-corrected chi connectivity index (χ3v) is 4.60. The normalized spacial score (nSPS) is 22.4. The lowest BCUT2D eigenvalue weighted by atomic mass is 10.00. The molecule has 3 rings (SSSR count). The number of hydrogen-bond acceptors (Lipinski definition) is 6.